The van der Waals surface area contributed by atoms with Crippen molar-refractivity contribution >= 4 is 0 Å². The molecule has 0 radical (unpaired) electrons. The first kappa shape index (κ1) is 13.2. The van der Waals surface area contributed by atoms with E-state index in [1.165, 1.54) is 16.7 Å². The summed E-state index contributed by atoms with van der Waals surface area (Å²) >= 11 is 0. The van der Waals surface area contributed by atoms with Gasteiger partial charge in [0.05, 0.1) is 5.60 Å². The summed E-state index contributed by atoms with van der Waals surface area (Å²) in [5.74, 6) is 0. The van der Waals surface area contributed by atoms with Gasteiger partial charge in [-0.2, -0.15) is 0 Å². The lowest BCUT2D eigenvalue weighted by molar-refractivity contribution is 0.000799. The van der Waals surface area contributed by atoms with Gasteiger partial charge in [0.1, 0.15) is 0 Å². The van der Waals surface area contributed by atoms with Gasteiger partial charge in [0.15, 0.2) is 0 Å². The molecule has 0 fully saturated rings. The molecule has 0 saturated heterocycles. The molecule has 2 nitrogen and oxygen atoms in total. The van der Waals surface area contributed by atoms with Crippen LogP contribution in [0.25, 0.3) is 0 Å². The highest BCUT2D eigenvalue weighted by molar-refractivity contribution is 5.29. The summed E-state index contributed by atoms with van der Waals surface area (Å²) in [5.41, 5.74) is 9.75. The fraction of sp³-hybridized carbons (Fsp3) is 0.571. The highest BCUT2D eigenvalue weighted by atomic mass is 16.5. The van der Waals surface area contributed by atoms with Gasteiger partial charge in [-0.3, -0.25) is 0 Å². The molecule has 1 aromatic rings. The molecular formula is C14H23NO. The Labute approximate surface area is 98.8 Å². The number of rotatable bonds is 4. The third-order valence-electron chi connectivity index (χ3n) is 3.16. The number of hydrogen-bond acceptors (Lipinski definition) is 2. The minimum absolute atomic E-state index is 0.0127. The molecule has 90 valence electrons. The smallest absolute Gasteiger partial charge is 0.0776 e. The summed E-state index contributed by atoms with van der Waals surface area (Å²) in [6.07, 6.45) is 0.851. The summed E-state index contributed by atoms with van der Waals surface area (Å²) in [6.45, 7) is 8.29. The summed E-state index contributed by atoms with van der Waals surface area (Å²) in [5, 5.41) is 0. The van der Waals surface area contributed by atoms with Crippen LogP contribution in [-0.2, 0) is 11.2 Å². The van der Waals surface area contributed by atoms with Crippen molar-refractivity contribution in [1.82, 2.24) is 0 Å². The van der Waals surface area contributed by atoms with Crippen molar-refractivity contribution in [1.29, 1.82) is 0 Å². The highest BCUT2D eigenvalue weighted by Gasteiger charge is 2.25. The van der Waals surface area contributed by atoms with Crippen molar-refractivity contribution in [2.24, 2.45) is 5.73 Å². The molecular weight excluding hydrogens is 198 g/mol. The lowest BCUT2D eigenvalue weighted by Gasteiger charge is -2.30. The van der Waals surface area contributed by atoms with E-state index in [-0.39, 0.29) is 11.6 Å². The molecule has 1 rings (SSSR count). The first-order valence-electron chi connectivity index (χ1n) is 5.73. The fourth-order valence-corrected chi connectivity index (χ4v) is 1.84. The molecule has 0 spiro atoms. The average Bonchev–Trinajstić information content (AvgIpc) is 2.15. The Morgan fingerprint density at radius 3 is 2.12 bits per heavy atom. The van der Waals surface area contributed by atoms with Crippen molar-refractivity contribution in [3.8, 4) is 0 Å². The second kappa shape index (κ2) is 4.98. The van der Waals surface area contributed by atoms with Crippen LogP contribution in [0.2, 0.25) is 0 Å². The fourth-order valence-electron chi connectivity index (χ4n) is 1.84. The SMILES string of the molecule is COC(C)(C)C(N)Cc1cc(C)cc(C)c1. The molecule has 1 aromatic carbocycles. The van der Waals surface area contributed by atoms with E-state index in [1.807, 2.05) is 13.8 Å². The number of ether oxygens (including phenoxy) is 1. The van der Waals surface area contributed by atoms with E-state index in [2.05, 4.69) is 32.0 Å². The monoisotopic (exact) mass is 221 g/mol. The van der Waals surface area contributed by atoms with Crippen molar-refractivity contribution in [3.63, 3.8) is 0 Å². The van der Waals surface area contributed by atoms with Gasteiger partial charge in [0, 0.05) is 13.2 Å². The number of aryl methyl sites for hydroxylation is 2. The predicted molar refractivity (Wildman–Crippen MR) is 68.7 cm³/mol. The minimum Gasteiger partial charge on any atom is -0.377 e. The average molecular weight is 221 g/mol. The zero-order valence-electron chi connectivity index (χ0n) is 11.0. The van der Waals surface area contributed by atoms with Gasteiger partial charge in [-0.05, 0) is 39.7 Å². The van der Waals surface area contributed by atoms with E-state index in [1.54, 1.807) is 7.11 Å². The molecule has 0 bridgehead atoms. The zero-order valence-corrected chi connectivity index (χ0v) is 11.0. The van der Waals surface area contributed by atoms with Gasteiger partial charge < -0.3 is 10.5 Å². The van der Waals surface area contributed by atoms with Crippen molar-refractivity contribution < 1.29 is 4.74 Å². The summed E-state index contributed by atoms with van der Waals surface area (Å²) < 4.78 is 5.41. The van der Waals surface area contributed by atoms with E-state index in [4.69, 9.17) is 10.5 Å². The normalized spacial score (nSPS) is 13.9. The summed E-state index contributed by atoms with van der Waals surface area (Å²) in [6, 6.07) is 6.58. The van der Waals surface area contributed by atoms with Crippen molar-refractivity contribution in [3.05, 3.63) is 34.9 Å². The van der Waals surface area contributed by atoms with E-state index in [0.717, 1.165) is 6.42 Å². The Bertz CT molecular complexity index is 338. The Morgan fingerprint density at radius 1 is 1.19 bits per heavy atom. The Balaban J connectivity index is 2.80. The van der Waals surface area contributed by atoms with Crippen LogP contribution in [0.3, 0.4) is 0 Å². The summed E-state index contributed by atoms with van der Waals surface area (Å²) in [4.78, 5) is 0. The molecule has 0 saturated carbocycles. The highest BCUT2D eigenvalue weighted by Crippen LogP contribution is 2.17. The standard InChI is InChI=1S/C14H23NO/c1-10-6-11(2)8-12(7-10)9-13(15)14(3,4)16-5/h6-8,13H,9,15H2,1-5H3. The Kier molecular flexibility index (Phi) is 4.11. The second-order valence-corrected chi connectivity index (χ2v) is 5.11. The van der Waals surface area contributed by atoms with Crippen molar-refractivity contribution in [2.75, 3.05) is 7.11 Å². The minimum atomic E-state index is -0.280. The number of nitrogens with two attached hydrogens (primary N) is 1. The maximum Gasteiger partial charge on any atom is 0.0776 e. The van der Waals surface area contributed by atoms with Gasteiger partial charge in [0.25, 0.3) is 0 Å². The van der Waals surface area contributed by atoms with Crippen LogP contribution in [0.5, 0.6) is 0 Å². The molecule has 0 aliphatic heterocycles. The largest absolute Gasteiger partial charge is 0.377 e. The maximum absolute atomic E-state index is 6.17. The molecule has 0 aromatic heterocycles. The molecule has 0 amide bonds. The molecule has 2 heteroatoms. The topological polar surface area (TPSA) is 35.2 Å². The first-order chi connectivity index (χ1) is 7.35. The number of methoxy groups -OCH3 is 1. The van der Waals surface area contributed by atoms with Gasteiger partial charge in [0.2, 0.25) is 0 Å². The lowest BCUT2D eigenvalue weighted by atomic mass is 9.92. The molecule has 1 unspecified atom stereocenters. The van der Waals surface area contributed by atoms with Gasteiger partial charge in [-0.15, -0.1) is 0 Å². The Morgan fingerprint density at radius 2 is 1.69 bits per heavy atom. The first-order valence-corrected chi connectivity index (χ1v) is 5.73. The number of benzene rings is 1. The lowest BCUT2D eigenvalue weighted by Crippen LogP contribution is -2.46. The van der Waals surface area contributed by atoms with E-state index in [0.29, 0.717) is 0 Å². The van der Waals surface area contributed by atoms with Gasteiger partial charge in [-0.1, -0.05) is 29.3 Å². The Hall–Kier alpha value is -0.860. The third-order valence-corrected chi connectivity index (χ3v) is 3.16. The van der Waals surface area contributed by atoms with Crippen LogP contribution in [-0.4, -0.2) is 18.8 Å². The van der Waals surface area contributed by atoms with Crippen LogP contribution < -0.4 is 5.73 Å². The summed E-state index contributed by atoms with van der Waals surface area (Å²) in [7, 11) is 1.71. The third kappa shape index (κ3) is 3.32. The van der Waals surface area contributed by atoms with Crippen molar-refractivity contribution in [2.45, 2.75) is 45.8 Å². The van der Waals surface area contributed by atoms with Crippen LogP contribution >= 0.6 is 0 Å². The quantitative estimate of drug-likeness (QED) is 0.848. The maximum atomic E-state index is 6.17. The molecule has 1 atom stereocenters. The van der Waals surface area contributed by atoms with E-state index < -0.39 is 0 Å². The molecule has 0 aliphatic rings. The van der Waals surface area contributed by atoms with Crippen LogP contribution in [0.15, 0.2) is 18.2 Å². The molecule has 2 N–H and O–H groups in total. The predicted octanol–water partition coefficient (Wildman–Crippen LogP) is 2.60. The van der Waals surface area contributed by atoms with Crippen LogP contribution in [0, 0.1) is 13.8 Å². The molecule has 16 heavy (non-hydrogen) atoms. The molecule has 0 heterocycles. The number of hydrogen-bond donors (Lipinski definition) is 1. The molecule has 0 aliphatic carbocycles. The van der Waals surface area contributed by atoms with E-state index >= 15 is 0 Å². The second-order valence-electron chi connectivity index (χ2n) is 5.11. The van der Waals surface area contributed by atoms with Gasteiger partial charge >= 0.3 is 0 Å². The van der Waals surface area contributed by atoms with Crippen LogP contribution in [0.4, 0.5) is 0 Å². The zero-order chi connectivity index (χ0) is 12.3. The van der Waals surface area contributed by atoms with Crippen LogP contribution in [0.1, 0.15) is 30.5 Å². The van der Waals surface area contributed by atoms with E-state index in [9.17, 15) is 0 Å². The van der Waals surface area contributed by atoms with Gasteiger partial charge in [-0.25, -0.2) is 0 Å².